The summed E-state index contributed by atoms with van der Waals surface area (Å²) >= 11 is 4.88. The van der Waals surface area contributed by atoms with Crippen molar-refractivity contribution in [3.63, 3.8) is 0 Å². The molecule has 0 fully saturated rings. The second kappa shape index (κ2) is 17.0. The Morgan fingerprint density at radius 2 is 1.25 bits per heavy atom. The smallest absolute Gasteiger partial charge is 0 e. The summed E-state index contributed by atoms with van der Waals surface area (Å²) in [5.41, 5.74) is 0. The van der Waals surface area contributed by atoms with Gasteiger partial charge in [0.25, 0.3) is 0 Å². The first kappa shape index (κ1) is 15.8. The van der Waals surface area contributed by atoms with E-state index in [-0.39, 0.29) is 41.9 Å². The molecule has 0 heterocycles. The fourth-order valence-corrected chi connectivity index (χ4v) is 0. The van der Waals surface area contributed by atoms with Crippen LogP contribution in [-0.2, 0) is 59.1 Å². The van der Waals surface area contributed by atoms with E-state index < -0.39 is 0 Å². The van der Waals surface area contributed by atoms with Gasteiger partial charge in [-0.3, -0.25) is 0 Å². The minimum absolute atomic E-state index is 0. The Labute approximate surface area is 76.6 Å². The van der Waals surface area contributed by atoms with Crippen molar-refractivity contribution >= 4 is 19.0 Å². The van der Waals surface area contributed by atoms with Crippen LogP contribution in [0.15, 0.2) is 0 Å². The molecule has 1 radical (unpaired) electrons. The van der Waals surface area contributed by atoms with Crippen LogP contribution < -0.4 is 0 Å². The van der Waals surface area contributed by atoms with Gasteiger partial charge in [0.05, 0.1) is 0 Å². The van der Waals surface area contributed by atoms with E-state index in [1.807, 2.05) is 19.0 Å². The van der Waals surface area contributed by atoms with Gasteiger partial charge in [0.2, 0.25) is 0 Å². The molecule has 0 nitrogen and oxygen atoms in total. The van der Waals surface area contributed by atoms with E-state index in [4.69, 9.17) is 0 Å². The van der Waals surface area contributed by atoms with Crippen LogP contribution in [0.1, 0.15) is 0 Å². The van der Waals surface area contributed by atoms with Crippen LogP contribution in [0.25, 0.3) is 0 Å². The van der Waals surface area contributed by atoms with Crippen LogP contribution in [0.5, 0.6) is 0 Å². The molecule has 0 atom stereocenters. The fourth-order valence-electron chi connectivity index (χ4n) is 0. The zero-order valence-electron chi connectivity index (χ0n) is 1.69. The molecule has 4 heteroatoms. The molecule has 0 aliphatic rings. The zero-order valence-corrected chi connectivity index (χ0v) is 9.78. The predicted octanol–water partition coefficient (Wildman–Crippen LogP) is 0.878. The molecule has 0 amide bonds. The van der Waals surface area contributed by atoms with Crippen molar-refractivity contribution in [3.8, 4) is 0 Å². The zero-order chi connectivity index (χ0) is 2.00. The standard InChI is InChI=1S/2Ag.HI.Zn/h;;1H;/q;+1;;/p-1. The number of hydrogen-bond donors (Lipinski definition) is 0. The third-order valence-corrected chi connectivity index (χ3v) is 0. The van der Waals surface area contributed by atoms with Crippen LogP contribution in [0.2, 0.25) is 0 Å². The SMILES string of the molecule is [Ag].[Ag][I].[Zn]. The van der Waals surface area contributed by atoms with Crippen molar-refractivity contribution < 1.29 is 59.1 Å². The van der Waals surface area contributed by atoms with Crippen molar-refractivity contribution in [3.05, 3.63) is 0 Å². The summed E-state index contributed by atoms with van der Waals surface area (Å²) in [6.07, 6.45) is 0. The molecule has 31 valence electrons. The van der Waals surface area contributed by atoms with Gasteiger partial charge in [0.1, 0.15) is 0 Å². The van der Waals surface area contributed by atoms with Gasteiger partial charge in [-0.05, 0) is 0 Å². The molecule has 0 unspecified atom stereocenters. The predicted molar refractivity (Wildman–Crippen MR) is 14.0 cm³/mol. The summed E-state index contributed by atoms with van der Waals surface area (Å²) in [7, 11) is 0. The summed E-state index contributed by atoms with van der Waals surface area (Å²) in [6.45, 7) is 0. The molecule has 0 bridgehead atoms. The van der Waals surface area contributed by atoms with Gasteiger partial charge in [-0.1, -0.05) is 0 Å². The van der Waals surface area contributed by atoms with Gasteiger partial charge < -0.3 is 0 Å². The van der Waals surface area contributed by atoms with Gasteiger partial charge in [-0.15, -0.1) is 0 Å². The molecular weight excluding hydrogens is 408 g/mol. The van der Waals surface area contributed by atoms with Crippen LogP contribution in [0, 0.1) is 0 Å². The Kier molecular flexibility index (Phi) is 67.1. The van der Waals surface area contributed by atoms with Crippen LogP contribution in [0.3, 0.4) is 0 Å². The molecule has 0 aromatic heterocycles. The van der Waals surface area contributed by atoms with E-state index in [9.17, 15) is 0 Å². The first-order chi connectivity index (χ1) is 1.00. The van der Waals surface area contributed by atoms with Gasteiger partial charge in [-0.2, -0.15) is 0 Å². The summed E-state index contributed by atoms with van der Waals surface area (Å²) in [6, 6.07) is 0. The van der Waals surface area contributed by atoms with E-state index in [1.165, 1.54) is 0 Å². The topological polar surface area (TPSA) is 0 Å². The Morgan fingerprint density at radius 1 is 1.25 bits per heavy atom. The summed E-state index contributed by atoms with van der Waals surface area (Å²) < 4.78 is 0. The minimum atomic E-state index is 0. The van der Waals surface area contributed by atoms with Gasteiger partial charge in [0, 0.05) is 41.9 Å². The number of halogens is 1. The largest absolute Gasteiger partial charge is 0 e. The number of hydrogen-bond acceptors (Lipinski definition) is 0. The molecule has 0 saturated carbocycles. The molecule has 0 saturated heterocycles. The maximum atomic E-state index is 2.92. The Morgan fingerprint density at radius 3 is 1.25 bits per heavy atom. The molecule has 0 aliphatic carbocycles. The van der Waals surface area contributed by atoms with Crippen molar-refractivity contribution in [2.24, 2.45) is 0 Å². The van der Waals surface area contributed by atoms with Crippen molar-refractivity contribution in [1.29, 1.82) is 0 Å². The third-order valence-electron chi connectivity index (χ3n) is 0. The normalized spacial score (nSPS) is 1.75. The maximum Gasteiger partial charge on any atom is 0 e. The average molecular weight is 408 g/mol. The number of rotatable bonds is 0. The van der Waals surface area contributed by atoms with E-state index in [1.54, 1.807) is 0 Å². The molecule has 0 rings (SSSR count). The second-order valence-corrected chi connectivity index (χ2v) is 0. The Balaban J connectivity index is -0.00000000500. The molecule has 0 spiro atoms. The van der Waals surface area contributed by atoms with E-state index in [2.05, 4.69) is 17.3 Å². The minimum Gasteiger partial charge on any atom is 0 e. The Hall–Kier alpha value is 2.83. The van der Waals surface area contributed by atoms with Crippen LogP contribution >= 0.6 is 19.0 Å². The van der Waals surface area contributed by atoms with Crippen molar-refractivity contribution in [2.75, 3.05) is 0 Å². The second-order valence-electron chi connectivity index (χ2n) is 0. The fraction of sp³-hybridized carbons (Fsp3) is 0. The molecule has 0 aromatic rings. The van der Waals surface area contributed by atoms with Gasteiger partial charge >= 0.3 is 36.3 Å². The van der Waals surface area contributed by atoms with Crippen molar-refractivity contribution in [2.45, 2.75) is 0 Å². The quantitative estimate of drug-likeness (QED) is 0.413. The molecular formula is Ag2IZn. The first-order valence-corrected chi connectivity index (χ1v) is 4.52. The van der Waals surface area contributed by atoms with Gasteiger partial charge in [0.15, 0.2) is 0 Å². The average Bonchev–Trinajstić information content (AvgIpc) is 1.00. The molecule has 4 heavy (non-hydrogen) atoms. The van der Waals surface area contributed by atoms with E-state index >= 15 is 0 Å². The summed E-state index contributed by atoms with van der Waals surface area (Å²) in [5, 5.41) is 0. The third kappa shape index (κ3) is 8.85. The summed E-state index contributed by atoms with van der Waals surface area (Å²) in [5.74, 6) is 0. The molecule has 0 aliphatic heterocycles. The van der Waals surface area contributed by atoms with Gasteiger partial charge in [-0.25, -0.2) is 0 Å². The Bertz CT molecular complexity index is 6.00. The first-order valence-electron chi connectivity index (χ1n) is 0.114. The molecule has 0 N–H and O–H groups in total. The monoisotopic (exact) mass is 405 g/mol. The van der Waals surface area contributed by atoms with Crippen molar-refractivity contribution in [1.82, 2.24) is 0 Å². The van der Waals surface area contributed by atoms with Crippen LogP contribution in [-0.4, -0.2) is 0 Å². The molecule has 0 aromatic carbocycles. The van der Waals surface area contributed by atoms with E-state index in [0.717, 1.165) is 0 Å². The summed E-state index contributed by atoms with van der Waals surface area (Å²) in [4.78, 5) is 0. The van der Waals surface area contributed by atoms with E-state index in [0.29, 0.717) is 0 Å². The van der Waals surface area contributed by atoms with Crippen LogP contribution in [0.4, 0.5) is 0 Å². The maximum absolute atomic E-state index is 2.92.